The molecule has 0 aromatic heterocycles. The average Bonchev–Trinajstić information content (AvgIpc) is 2.55. The number of para-hydroxylation sites is 1. The Labute approximate surface area is 136 Å². The van der Waals surface area contributed by atoms with Crippen LogP contribution in [0, 0.1) is 11.3 Å². The zero-order chi connectivity index (χ0) is 16.7. The summed E-state index contributed by atoms with van der Waals surface area (Å²) in [6.07, 6.45) is 0.329. The van der Waals surface area contributed by atoms with E-state index in [2.05, 4.69) is 16.7 Å². The smallest absolute Gasteiger partial charge is 0.226 e. The van der Waals surface area contributed by atoms with Crippen LogP contribution in [-0.4, -0.2) is 26.5 Å². The molecule has 0 atom stereocenters. The third kappa shape index (κ3) is 4.75. The van der Waals surface area contributed by atoms with Gasteiger partial charge in [-0.25, -0.2) is 0 Å². The largest absolute Gasteiger partial charge is 0.383 e. The van der Waals surface area contributed by atoms with Gasteiger partial charge in [0.2, 0.25) is 5.91 Å². The Morgan fingerprint density at radius 1 is 1.13 bits per heavy atom. The molecule has 0 fully saturated rings. The molecular formula is C18H20N4O. The fourth-order valence-corrected chi connectivity index (χ4v) is 2.11. The van der Waals surface area contributed by atoms with Crippen molar-refractivity contribution in [1.29, 1.82) is 5.26 Å². The number of benzene rings is 2. The lowest BCUT2D eigenvalue weighted by Crippen LogP contribution is -2.16. The third-order valence-electron chi connectivity index (χ3n) is 3.38. The Bertz CT molecular complexity index is 702. The highest BCUT2D eigenvalue weighted by Crippen LogP contribution is 2.16. The van der Waals surface area contributed by atoms with Gasteiger partial charge >= 0.3 is 0 Å². The first kappa shape index (κ1) is 16.4. The number of hydrogen-bond donors (Lipinski definition) is 2. The fraction of sp³-hybridized carbons (Fsp3) is 0.222. The van der Waals surface area contributed by atoms with Crippen LogP contribution in [0.5, 0.6) is 0 Å². The van der Waals surface area contributed by atoms with Gasteiger partial charge in [-0.05, 0) is 36.4 Å². The summed E-state index contributed by atoms with van der Waals surface area (Å²) >= 11 is 0. The molecular weight excluding hydrogens is 288 g/mol. The SMILES string of the molecule is CN(C)c1ccc(NC(=O)CCNc2ccccc2C#N)cc1. The molecule has 0 unspecified atom stereocenters. The maximum absolute atomic E-state index is 11.9. The molecule has 0 radical (unpaired) electrons. The Hall–Kier alpha value is -3.00. The summed E-state index contributed by atoms with van der Waals surface area (Å²) in [6.45, 7) is 0.473. The monoisotopic (exact) mass is 308 g/mol. The van der Waals surface area contributed by atoms with E-state index in [9.17, 15) is 4.79 Å². The number of nitrogens with one attached hydrogen (secondary N) is 2. The predicted octanol–water partition coefficient (Wildman–Crippen LogP) is 3.06. The third-order valence-corrected chi connectivity index (χ3v) is 3.38. The second-order valence-electron chi connectivity index (χ2n) is 5.32. The molecule has 5 heteroatoms. The fourth-order valence-electron chi connectivity index (χ4n) is 2.11. The molecule has 2 rings (SSSR count). The molecule has 0 aliphatic carbocycles. The van der Waals surface area contributed by atoms with Crippen LogP contribution < -0.4 is 15.5 Å². The van der Waals surface area contributed by atoms with E-state index >= 15 is 0 Å². The lowest BCUT2D eigenvalue weighted by Gasteiger charge is -2.13. The summed E-state index contributed by atoms with van der Waals surface area (Å²) in [5.74, 6) is -0.0652. The highest BCUT2D eigenvalue weighted by molar-refractivity contribution is 5.91. The van der Waals surface area contributed by atoms with Crippen molar-refractivity contribution in [3.05, 3.63) is 54.1 Å². The maximum atomic E-state index is 11.9. The van der Waals surface area contributed by atoms with E-state index in [0.717, 1.165) is 17.1 Å². The predicted molar refractivity (Wildman–Crippen MR) is 93.7 cm³/mol. The van der Waals surface area contributed by atoms with E-state index in [1.165, 1.54) is 0 Å². The highest BCUT2D eigenvalue weighted by atomic mass is 16.1. The van der Waals surface area contributed by atoms with E-state index in [-0.39, 0.29) is 5.91 Å². The summed E-state index contributed by atoms with van der Waals surface area (Å²) in [6, 6.07) is 17.0. The number of rotatable bonds is 6. The van der Waals surface area contributed by atoms with Gasteiger partial charge in [0.25, 0.3) is 0 Å². The molecule has 23 heavy (non-hydrogen) atoms. The van der Waals surface area contributed by atoms with E-state index < -0.39 is 0 Å². The van der Waals surface area contributed by atoms with Gasteiger partial charge in [-0.15, -0.1) is 0 Å². The van der Waals surface area contributed by atoms with Gasteiger partial charge in [0.1, 0.15) is 6.07 Å². The van der Waals surface area contributed by atoms with Crippen LogP contribution in [0.4, 0.5) is 17.1 Å². The Morgan fingerprint density at radius 2 is 1.83 bits per heavy atom. The standard InChI is InChI=1S/C18H20N4O/c1-22(2)16-9-7-15(8-10-16)21-18(23)11-12-20-17-6-4-3-5-14(17)13-19/h3-10,20H,11-12H2,1-2H3,(H,21,23). The number of hydrogen-bond acceptors (Lipinski definition) is 4. The Morgan fingerprint density at radius 3 is 2.48 bits per heavy atom. The molecule has 0 spiro atoms. The topological polar surface area (TPSA) is 68.2 Å². The van der Waals surface area contributed by atoms with Gasteiger partial charge in [-0.3, -0.25) is 4.79 Å². The molecule has 0 saturated carbocycles. The molecule has 1 amide bonds. The van der Waals surface area contributed by atoms with Crippen LogP contribution >= 0.6 is 0 Å². The van der Waals surface area contributed by atoms with Crippen LogP contribution in [0.25, 0.3) is 0 Å². The van der Waals surface area contributed by atoms with Gasteiger partial charge < -0.3 is 15.5 Å². The normalized spacial score (nSPS) is 9.78. The minimum absolute atomic E-state index is 0.0652. The minimum Gasteiger partial charge on any atom is -0.383 e. The lowest BCUT2D eigenvalue weighted by molar-refractivity contribution is -0.115. The molecule has 5 nitrogen and oxygen atoms in total. The highest BCUT2D eigenvalue weighted by Gasteiger charge is 2.04. The van der Waals surface area contributed by atoms with Crippen LogP contribution in [-0.2, 0) is 4.79 Å². The van der Waals surface area contributed by atoms with Crippen LogP contribution in [0.3, 0.4) is 0 Å². The van der Waals surface area contributed by atoms with E-state index in [0.29, 0.717) is 18.5 Å². The first-order valence-corrected chi connectivity index (χ1v) is 7.40. The first-order chi connectivity index (χ1) is 11.1. The van der Waals surface area contributed by atoms with Gasteiger partial charge in [0.15, 0.2) is 0 Å². The quantitative estimate of drug-likeness (QED) is 0.860. The van der Waals surface area contributed by atoms with Crippen LogP contribution in [0.2, 0.25) is 0 Å². The van der Waals surface area contributed by atoms with Crippen molar-refractivity contribution in [2.24, 2.45) is 0 Å². The molecule has 118 valence electrons. The van der Waals surface area contributed by atoms with Crippen molar-refractivity contribution in [2.45, 2.75) is 6.42 Å². The maximum Gasteiger partial charge on any atom is 0.226 e. The van der Waals surface area contributed by atoms with Crippen molar-refractivity contribution in [3.8, 4) is 6.07 Å². The van der Waals surface area contributed by atoms with Gasteiger partial charge in [0.05, 0.1) is 11.3 Å². The Kier molecular flexibility index (Phi) is 5.59. The van der Waals surface area contributed by atoms with Gasteiger partial charge in [-0.1, -0.05) is 12.1 Å². The summed E-state index contributed by atoms with van der Waals surface area (Å²) in [5, 5.41) is 15.0. The average molecular weight is 308 g/mol. The lowest BCUT2D eigenvalue weighted by atomic mass is 10.2. The number of carbonyl (C=O) groups is 1. The van der Waals surface area contributed by atoms with Crippen molar-refractivity contribution in [2.75, 3.05) is 36.2 Å². The Balaban J connectivity index is 1.82. The molecule has 2 N–H and O–H groups in total. The molecule has 2 aromatic carbocycles. The summed E-state index contributed by atoms with van der Waals surface area (Å²) < 4.78 is 0. The van der Waals surface area contributed by atoms with Gasteiger partial charge in [0, 0.05) is 38.4 Å². The van der Waals surface area contributed by atoms with Crippen LogP contribution in [0.1, 0.15) is 12.0 Å². The minimum atomic E-state index is -0.0652. The molecule has 0 aliphatic rings. The van der Waals surface area contributed by atoms with Crippen LogP contribution in [0.15, 0.2) is 48.5 Å². The van der Waals surface area contributed by atoms with E-state index in [1.807, 2.05) is 61.5 Å². The number of carbonyl (C=O) groups excluding carboxylic acids is 1. The molecule has 0 aliphatic heterocycles. The zero-order valence-corrected chi connectivity index (χ0v) is 13.3. The second kappa shape index (κ2) is 7.85. The van der Waals surface area contributed by atoms with Crippen molar-refractivity contribution < 1.29 is 4.79 Å². The molecule has 2 aromatic rings. The summed E-state index contributed by atoms with van der Waals surface area (Å²) in [7, 11) is 3.94. The van der Waals surface area contributed by atoms with E-state index in [4.69, 9.17) is 5.26 Å². The number of nitriles is 1. The van der Waals surface area contributed by atoms with Crippen molar-refractivity contribution in [1.82, 2.24) is 0 Å². The number of amides is 1. The zero-order valence-electron chi connectivity index (χ0n) is 13.3. The van der Waals surface area contributed by atoms with Gasteiger partial charge in [-0.2, -0.15) is 5.26 Å². The molecule has 0 saturated heterocycles. The summed E-state index contributed by atoms with van der Waals surface area (Å²) in [5.41, 5.74) is 3.18. The summed E-state index contributed by atoms with van der Waals surface area (Å²) in [4.78, 5) is 14.0. The molecule has 0 heterocycles. The first-order valence-electron chi connectivity index (χ1n) is 7.40. The van der Waals surface area contributed by atoms with E-state index in [1.54, 1.807) is 6.07 Å². The molecule has 0 bridgehead atoms. The van der Waals surface area contributed by atoms with Crippen molar-refractivity contribution in [3.63, 3.8) is 0 Å². The number of anilines is 3. The number of nitrogens with zero attached hydrogens (tertiary/aromatic N) is 2. The second-order valence-corrected chi connectivity index (χ2v) is 5.32. The van der Waals surface area contributed by atoms with Crippen molar-refractivity contribution >= 4 is 23.0 Å².